The first-order valence-electron chi connectivity index (χ1n) is 7.77. The van der Waals surface area contributed by atoms with E-state index in [0.29, 0.717) is 23.3 Å². The monoisotopic (exact) mass is 336 g/mol. The fourth-order valence-corrected chi connectivity index (χ4v) is 3.91. The number of para-hydroxylation sites is 1. The van der Waals surface area contributed by atoms with E-state index in [0.717, 1.165) is 10.6 Å². The Labute approximate surface area is 144 Å². The van der Waals surface area contributed by atoms with Crippen molar-refractivity contribution in [2.45, 2.75) is 17.1 Å². The van der Waals surface area contributed by atoms with Gasteiger partial charge in [-0.3, -0.25) is 4.79 Å². The highest BCUT2D eigenvalue weighted by molar-refractivity contribution is 8.00. The fraction of sp³-hybridized carbons (Fsp3) is 0.167. The summed E-state index contributed by atoms with van der Waals surface area (Å²) in [5, 5.41) is 4.52. The van der Waals surface area contributed by atoms with E-state index >= 15 is 0 Å². The van der Waals surface area contributed by atoms with E-state index in [-0.39, 0.29) is 5.91 Å². The number of carbonyl (C=O) groups excluding carboxylic acids is 1. The molecule has 1 atom stereocenters. The molecular formula is C18H16N4OS. The number of carbonyl (C=O) groups is 1. The summed E-state index contributed by atoms with van der Waals surface area (Å²) in [6, 6.07) is 15.3. The zero-order valence-electron chi connectivity index (χ0n) is 13.2. The Bertz CT molecular complexity index is 878. The second-order valence-corrected chi connectivity index (χ2v) is 7.12. The summed E-state index contributed by atoms with van der Waals surface area (Å²) in [6.07, 6.45) is 3.50. The minimum atomic E-state index is -0.0800. The number of hydrogen-bond donors (Lipinski definition) is 0. The van der Waals surface area contributed by atoms with Crippen LogP contribution < -0.4 is 4.90 Å². The van der Waals surface area contributed by atoms with Gasteiger partial charge in [-0.15, -0.1) is 11.8 Å². The number of amides is 1. The minimum absolute atomic E-state index is 0.0800. The zero-order valence-corrected chi connectivity index (χ0v) is 14.0. The first-order chi connectivity index (χ1) is 11.7. The van der Waals surface area contributed by atoms with Crippen molar-refractivity contribution in [3.8, 4) is 5.82 Å². The quantitative estimate of drug-likeness (QED) is 0.720. The Morgan fingerprint density at radius 3 is 2.88 bits per heavy atom. The van der Waals surface area contributed by atoms with Gasteiger partial charge < -0.3 is 4.90 Å². The van der Waals surface area contributed by atoms with E-state index in [1.54, 1.807) is 28.7 Å². The van der Waals surface area contributed by atoms with Crippen molar-refractivity contribution in [1.82, 2.24) is 14.8 Å². The number of benzene rings is 1. The highest BCUT2D eigenvalue weighted by atomic mass is 32.2. The van der Waals surface area contributed by atoms with Crippen molar-refractivity contribution >= 4 is 23.4 Å². The van der Waals surface area contributed by atoms with Gasteiger partial charge in [0.1, 0.15) is 5.69 Å². The third-order valence-electron chi connectivity index (χ3n) is 3.86. The molecule has 24 heavy (non-hydrogen) atoms. The molecule has 0 saturated heterocycles. The van der Waals surface area contributed by atoms with Crippen LogP contribution in [0.2, 0.25) is 0 Å². The van der Waals surface area contributed by atoms with Gasteiger partial charge >= 0.3 is 0 Å². The first kappa shape index (κ1) is 15.0. The number of aromatic nitrogens is 3. The standard InChI is InChI=1S/C18H16N4OS/c1-13-12-21(15-7-2-3-8-16(15)24-13)18(23)14-6-4-9-17(20-14)22-11-5-10-19-22/h2-11,13H,12H2,1H3. The Morgan fingerprint density at radius 1 is 1.17 bits per heavy atom. The number of pyridine rings is 1. The van der Waals surface area contributed by atoms with Crippen molar-refractivity contribution < 1.29 is 4.79 Å². The maximum absolute atomic E-state index is 13.1. The second-order valence-electron chi connectivity index (χ2n) is 5.64. The molecule has 0 spiro atoms. The van der Waals surface area contributed by atoms with Crippen LogP contribution in [0.15, 0.2) is 65.8 Å². The number of nitrogens with zero attached hydrogens (tertiary/aromatic N) is 4. The summed E-state index contributed by atoms with van der Waals surface area (Å²) in [5.74, 6) is 0.558. The zero-order chi connectivity index (χ0) is 16.5. The molecule has 1 amide bonds. The third kappa shape index (κ3) is 2.69. The van der Waals surface area contributed by atoms with Crippen LogP contribution in [0.5, 0.6) is 0 Å². The molecule has 3 heterocycles. The summed E-state index contributed by atoms with van der Waals surface area (Å²) in [7, 11) is 0. The lowest BCUT2D eigenvalue weighted by Gasteiger charge is -2.32. The Morgan fingerprint density at radius 2 is 2.04 bits per heavy atom. The molecule has 0 radical (unpaired) electrons. The lowest BCUT2D eigenvalue weighted by Crippen LogP contribution is -2.39. The SMILES string of the molecule is CC1CN(C(=O)c2cccc(-n3cccn3)n2)c2ccccc2S1. The Kier molecular flexibility index (Phi) is 3.82. The number of rotatable bonds is 2. The van der Waals surface area contributed by atoms with Gasteiger partial charge in [0.05, 0.1) is 5.69 Å². The molecule has 5 nitrogen and oxygen atoms in total. The van der Waals surface area contributed by atoms with Crippen LogP contribution in [-0.4, -0.2) is 32.5 Å². The van der Waals surface area contributed by atoms with E-state index in [1.807, 2.05) is 47.5 Å². The lowest BCUT2D eigenvalue weighted by atomic mass is 10.2. The van der Waals surface area contributed by atoms with Crippen LogP contribution in [0.25, 0.3) is 5.82 Å². The number of anilines is 1. The van der Waals surface area contributed by atoms with E-state index in [2.05, 4.69) is 23.1 Å². The molecule has 0 N–H and O–H groups in total. The average Bonchev–Trinajstić information content (AvgIpc) is 3.15. The van der Waals surface area contributed by atoms with E-state index < -0.39 is 0 Å². The highest BCUT2D eigenvalue weighted by Crippen LogP contribution is 2.38. The smallest absolute Gasteiger partial charge is 0.277 e. The van der Waals surface area contributed by atoms with Crippen LogP contribution in [0.3, 0.4) is 0 Å². The maximum atomic E-state index is 13.1. The Hall–Kier alpha value is -2.60. The van der Waals surface area contributed by atoms with E-state index in [9.17, 15) is 4.79 Å². The number of thioether (sulfide) groups is 1. The molecule has 0 bridgehead atoms. The summed E-state index contributed by atoms with van der Waals surface area (Å²) in [5.41, 5.74) is 1.38. The maximum Gasteiger partial charge on any atom is 0.277 e. The summed E-state index contributed by atoms with van der Waals surface area (Å²) in [4.78, 5) is 20.5. The normalized spacial score (nSPS) is 16.7. The molecule has 3 aromatic rings. The molecule has 0 saturated carbocycles. The van der Waals surface area contributed by atoms with Crippen molar-refractivity contribution in [2.24, 2.45) is 0 Å². The summed E-state index contributed by atoms with van der Waals surface area (Å²) < 4.78 is 1.65. The first-order valence-corrected chi connectivity index (χ1v) is 8.65. The molecule has 120 valence electrons. The van der Waals surface area contributed by atoms with Gasteiger partial charge in [-0.1, -0.05) is 25.1 Å². The van der Waals surface area contributed by atoms with Crippen LogP contribution in [0.1, 0.15) is 17.4 Å². The molecule has 1 aliphatic heterocycles. The highest BCUT2D eigenvalue weighted by Gasteiger charge is 2.28. The van der Waals surface area contributed by atoms with Crippen LogP contribution in [0, 0.1) is 0 Å². The number of fused-ring (bicyclic) bond motifs is 1. The van der Waals surface area contributed by atoms with Crippen LogP contribution in [0.4, 0.5) is 5.69 Å². The molecule has 0 aliphatic carbocycles. The van der Waals surface area contributed by atoms with Gasteiger partial charge in [0.15, 0.2) is 5.82 Å². The second kappa shape index (κ2) is 6.13. The van der Waals surface area contributed by atoms with Crippen molar-refractivity contribution in [2.75, 3.05) is 11.4 Å². The molecule has 1 aliphatic rings. The lowest BCUT2D eigenvalue weighted by molar-refractivity contribution is 0.0981. The summed E-state index contributed by atoms with van der Waals surface area (Å²) >= 11 is 1.80. The Balaban J connectivity index is 1.71. The van der Waals surface area contributed by atoms with Crippen molar-refractivity contribution in [3.05, 3.63) is 66.6 Å². The summed E-state index contributed by atoms with van der Waals surface area (Å²) in [6.45, 7) is 2.81. The van der Waals surface area contributed by atoms with Gasteiger partial charge in [0.25, 0.3) is 5.91 Å². The third-order valence-corrected chi connectivity index (χ3v) is 5.01. The molecule has 0 fully saturated rings. The van der Waals surface area contributed by atoms with Crippen LogP contribution in [-0.2, 0) is 0 Å². The number of hydrogen-bond acceptors (Lipinski definition) is 4. The van der Waals surface area contributed by atoms with Crippen molar-refractivity contribution in [3.63, 3.8) is 0 Å². The van der Waals surface area contributed by atoms with Crippen molar-refractivity contribution in [1.29, 1.82) is 0 Å². The molecule has 4 rings (SSSR count). The molecule has 2 aromatic heterocycles. The van der Waals surface area contributed by atoms with E-state index in [1.165, 1.54) is 0 Å². The molecule has 1 unspecified atom stereocenters. The predicted octanol–water partition coefficient (Wildman–Crippen LogP) is 3.41. The molecule has 1 aromatic carbocycles. The van der Waals surface area contributed by atoms with Gasteiger partial charge in [-0.05, 0) is 30.3 Å². The largest absolute Gasteiger partial charge is 0.305 e. The van der Waals surface area contributed by atoms with Gasteiger partial charge in [0, 0.05) is 29.1 Å². The minimum Gasteiger partial charge on any atom is -0.305 e. The van der Waals surface area contributed by atoms with Gasteiger partial charge in [0.2, 0.25) is 0 Å². The van der Waals surface area contributed by atoms with Gasteiger partial charge in [-0.2, -0.15) is 5.10 Å². The fourth-order valence-electron chi connectivity index (χ4n) is 2.79. The predicted molar refractivity (Wildman–Crippen MR) is 94.8 cm³/mol. The average molecular weight is 336 g/mol. The van der Waals surface area contributed by atoms with E-state index in [4.69, 9.17) is 0 Å². The molecular weight excluding hydrogens is 320 g/mol. The molecule has 6 heteroatoms. The topological polar surface area (TPSA) is 51.0 Å². The van der Waals surface area contributed by atoms with Gasteiger partial charge in [-0.25, -0.2) is 9.67 Å². The van der Waals surface area contributed by atoms with Crippen LogP contribution >= 0.6 is 11.8 Å².